The second-order valence-corrected chi connectivity index (χ2v) is 6.13. The van der Waals surface area contributed by atoms with E-state index in [9.17, 15) is 9.90 Å². The first kappa shape index (κ1) is 16.6. The lowest BCUT2D eigenvalue weighted by Gasteiger charge is -2.13. The van der Waals surface area contributed by atoms with E-state index >= 15 is 0 Å². The average molecular weight is 345 g/mol. The van der Waals surface area contributed by atoms with Gasteiger partial charge in [-0.15, -0.1) is 0 Å². The lowest BCUT2D eigenvalue weighted by molar-refractivity contribution is 0.118. The minimum absolute atomic E-state index is 0.0872. The van der Waals surface area contributed by atoms with Gasteiger partial charge in [0.2, 0.25) is 5.88 Å². The number of hydrogen-bond acceptors (Lipinski definition) is 5. The summed E-state index contributed by atoms with van der Waals surface area (Å²) in [6.45, 7) is 3.13. The molecule has 0 amide bonds. The summed E-state index contributed by atoms with van der Waals surface area (Å²) in [4.78, 5) is 19.0. The molecule has 1 atom stereocenters. The topological polar surface area (TPSA) is 79.6 Å². The smallest absolute Gasteiger partial charge is 0.264 e. The monoisotopic (exact) mass is 345 g/mol. The van der Waals surface area contributed by atoms with Crippen molar-refractivity contribution >= 4 is 18.4 Å². The number of H-pyrrole nitrogens is 1. The lowest BCUT2D eigenvalue weighted by Crippen LogP contribution is -2.19. The van der Waals surface area contributed by atoms with Gasteiger partial charge in [0.1, 0.15) is 5.56 Å². The van der Waals surface area contributed by atoms with E-state index in [1.807, 2.05) is 31.2 Å². The van der Waals surface area contributed by atoms with Crippen LogP contribution in [0.3, 0.4) is 0 Å². The molecule has 1 saturated heterocycles. The fraction of sp³-hybridized carbons (Fsp3) is 0.353. The van der Waals surface area contributed by atoms with Gasteiger partial charge in [-0.05, 0) is 43.6 Å². The molecule has 7 heteroatoms. The van der Waals surface area contributed by atoms with Gasteiger partial charge in [-0.1, -0.05) is 18.2 Å². The number of nitrogens with one attached hydrogen (secondary N) is 1. The van der Waals surface area contributed by atoms with Gasteiger partial charge in [-0.3, -0.25) is 19.3 Å². The van der Waals surface area contributed by atoms with E-state index in [1.54, 1.807) is 0 Å². The molecule has 0 spiro atoms. The number of aromatic amines is 1. The quantitative estimate of drug-likeness (QED) is 0.659. The molecule has 1 aliphatic heterocycles. The summed E-state index contributed by atoms with van der Waals surface area (Å²) in [5.41, 5.74) is 1.27. The Morgan fingerprint density at radius 2 is 2.29 bits per heavy atom. The third-order valence-electron chi connectivity index (χ3n) is 4.03. The molecule has 0 saturated carbocycles. The SMILES string of the molecule is Cc1ccccc1-n1c(O)c(C=NC[C@@H]2CCCO2)c(=O)[nH]c1=S. The van der Waals surface area contributed by atoms with Crippen LogP contribution < -0.4 is 5.56 Å². The highest BCUT2D eigenvalue weighted by Gasteiger charge is 2.16. The minimum Gasteiger partial charge on any atom is -0.494 e. The molecule has 0 bridgehead atoms. The van der Waals surface area contributed by atoms with Crippen LogP contribution in [-0.2, 0) is 4.74 Å². The molecular formula is C17H19N3O3S. The van der Waals surface area contributed by atoms with Crippen molar-refractivity contribution in [3.63, 3.8) is 0 Å². The van der Waals surface area contributed by atoms with Crippen molar-refractivity contribution in [2.75, 3.05) is 13.2 Å². The Bertz CT molecular complexity index is 879. The van der Waals surface area contributed by atoms with Crippen LogP contribution in [0.5, 0.6) is 5.88 Å². The van der Waals surface area contributed by atoms with Gasteiger partial charge in [-0.25, -0.2) is 0 Å². The van der Waals surface area contributed by atoms with Gasteiger partial charge in [0, 0.05) is 12.8 Å². The van der Waals surface area contributed by atoms with Crippen LogP contribution in [-0.4, -0.2) is 40.1 Å². The first-order valence-corrected chi connectivity index (χ1v) is 8.24. The van der Waals surface area contributed by atoms with Crippen molar-refractivity contribution in [3.05, 3.63) is 50.5 Å². The molecule has 1 fully saturated rings. The molecule has 0 unspecified atom stereocenters. The summed E-state index contributed by atoms with van der Waals surface area (Å²) in [6, 6.07) is 7.48. The van der Waals surface area contributed by atoms with Gasteiger partial charge in [0.25, 0.3) is 5.56 Å². The molecule has 6 nitrogen and oxygen atoms in total. The number of para-hydroxylation sites is 1. The standard InChI is InChI=1S/C17H19N3O3S/c1-11-5-2-3-7-14(11)20-16(22)13(15(21)19-17(20)24)10-18-9-12-6-4-8-23-12/h2-3,5,7,10,12,22H,4,6,8-9H2,1H3,(H,19,21,24)/t12-/m0/s1. The first-order chi connectivity index (χ1) is 11.6. The molecular weight excluding hydrogens is 326 g/mol. The Morgan fingerprint density at radius 1 is 1.50 bits per heavy atom. The second kappa shape index (κ2) is 7.11. The zero-order valence-corrected chi connectivity index (χ0v) is 14.2. The van der Waals surface area contributed by atoms with Crippen LogP contribution in [0.2, 0.25) is 0 Å². The predicted octanol–water partition coefficient (Wildman–Crippen LogP) is 2.51. The molecule has 0 aliphatic carbocycles. The number of rotatable bonds is 4. The van der Waals surface area contributed by atoms with Gasteiger partial charge in [0.15, 0.2) is 4.77 Å². The molecule has 126 valence electrons. The predicted molar refractivity (Wildman–Crippen MR) is 95.1 cm³/mol. The molecule has 24 heavy (non-hydrogen) atoms. The Morgan fingerprint density at radius 3 is 3.00 bits per heavy atom. The Labute approximate surface area is 144 Å². The molecule has 1 aromatic carbocycles. The maximum atomic E-state index is 12.1. The van der Waals surface area contributed by atoms with Crippen molar-refractivity contribution < 1.29 is 9.84 Å². The van der Waals surface area contributed by atoms with Crippen LogP contribution in [0.1, 0.15) is 24.0 Å². The van der Waals surface area contributed by atoms with Crippen molar-refractivity contribution in [1.29, 1.82) is 0 Å². The first-order valence-electron chi connectivity index (χ1n) is 7.83. The van der Waals surface area contributed by atoms with Crippen LogP contribution in [0.25, 0.3) is 5.69 Å². The Kier molecular flexibility index (Phi) is 4.92. The van der Waals surface area contributed by atoms with Crippen LogP contribution in [0, 0.1) is 11.7 Å². The van der Waals surface area contributed by atoms with Crippen LogP contribution >= 0.6 is 12.2 Å². The van der Waals surface area contributed by atoms with Gasteiger partial charge in [-0.2, -0.15) is 0 Å². The van der Waals surface area contributed by atoms with Crippen molar-refractivity contribution in [1.82, 2.24) is 9.55 Å². The van der Waals surface area contributed by atoms with E-state index in [-0.39, 0.29) is 22.3 Å². The molecule has 2 aromatic rings. The Hall–Kier alpha value is -2.25. The fourth-order valence-electron chi connectivity index (χ4n) is 2.74. The second-order valence-electron chi connectivity index (χ2n) is 5.75. The summed E-state index contributed by atoms with van der Waals surface area (Å²) in [5, 5.41) is 10.6. The molecule has 0 radical (unpaired) electrons. The molecule has 3 rings (SSSR count). The largest absolute Gasteiger partial charge is 0.494 e. The molecule has 2 N–H and O–H groups in total. The van der Waals surface area contributed by atoms with Gasteiger partial charge in [0.05, 0.1) is 18.3 Å². The highest BCUT2D eigenvalue weighted by molar-refractivity contribution is 7.71. The van der Waals surface area contributed by atoms with Crippen LogP contribution in [0.4, 0.5) is 0 Å². The highest BCUT2D eigenvalue weighted by Crippen LogP contribution is 2.21. The number of ether oxygens (including phenoxy) is 1. The maximum Gasteiger partial charge on any atom is 0.264 e. The number of aromatic hydroxyl groups is 1. The van der Waals surface area contributed by atoms with E-state index in [2.05, 4.69) is 9.98 Å². The number of nitrogens with zero attached hydrogens (tertiary/aromatic N) is 2. The number of aryl methyl sites for hydroxylation is 1. The summed E-state index contributed by atoms with van der Waals surface area (Å²) < 4.78 is 7.08. The van der Waals surface area contributed by atoms with E-state index < -0.39 is 5.56 Å². The van der Waals surface area contributed by atoms with Crippen molar-refractivity contribution in [3.8, 4) is 11.6 Å². The highest BCUT2D eigenvalue weighted by atomic mass is 32.1. The summed E-state index contributed by atoms with van der Waals surface area (Å²) in [6.07, 6.45) is 3.47. The van der Waals surface area contributed by atoms with E-state index in [0.717, 1.165) is 25.0 Å². The number of aromatic nitrogens is 2. The van der Waals surface area contributed by atoms with Crippen LogP contribution in [0.15, 0.2) is 34.1 Å². The average Bonchev–Trinajstić information content (AvgIpc) is 3.05. The molecule has 2 heterocycles. The summed E-state index contributed by atoms with van der Waals surface area (Å²) >= 11 is 5.21. The zero-order chi connectivity index (χ0) is 17.1. The molecule has 1 aliphatic rings. The lowest BCUT2D eigenvalue weighted by atomic mass is 10.2. The number of hydrogen-bond donors (Lipinski definition) is 2. The third-order valence-corrected chi connectivity index (χ3v) is 4.32. The summed E-state index contributed by atoms with van der Waals surface area (Å²) in [7, 11) is 0. The normalized spacial score (nSPS) is 17.6. The zero-order valence-electron chi connectivity index (χ0n) is 13.4. The number of benzene rings is 1. The Balaban J connectivity index is 2.00. The van der Waals surface area contributed by atoms with E-state index in [4.69, 9.17) is 17.0 Å². The van der Waals surface area contributed by atoms with E-state index in [1.165, 1.54) is 10.8 Å². The summed E-state index contributed by atoms with van der Waals surface area (Å²) in [5.74, 6) is -0.214. The fourth-order valence-corrected chi connectivity index (χ4v) is 3.02. The van der Waals surface area contributed by atoms with Crippen molar-refractivity contribution in [2.24, 2.45) is 4.99 Å². The maximum absolute atomic E-state index is 12.1. The number of aliphatic imine (C=N–C) groups is 1. The van der Waals surface area contributed by atoms with Crippen molar-refractivity contribution in [2.45, 2.75) is 25.9 Å². The van der Waals surface area contributed by atoms with Gasteiger partial charge >= 0.3 is 0 Å². The van der Waals surface area contributed by atoms with Gasteiger partial charge < -0.3 is 9.84 Å². The third kappa shape index (κ3) is 3.32. The molecule has 1 aromatic heterocycles. The minimum atomic E-state index is -0.460. The van der Waals surface area contributed by atoms with E-state index in [0.29, 0.717) is 12.2 Å².